The molecule has 0 amide bonds. The number of carbonyl (C=O) groups excluding carboxylic acids is 1. The Balaban J connectivity index is 1.89. The quantitative estimate of drug-likeness (QED) is 0.670. The molecule has 0 radical (unpaired) electrons. The average Bonchev–Trinajstić information content (AvgIpc) is 2.65. The molecule has 25 heavy (non-hydrogen) atoms. The van der Waals surface area contributed by atoms with Crippen LogP contribution in [0.3, 0.4) is 0 Å². The van der Waals surface area contributed by atoms with Gasteiger partial charge in [0.2, 0.25) is 0 Å². The SMILES string of the molecule is O=C1CCCCC1Sc1nc2ccccc2c(=O)n1-c1ccccc1. The normalized spacial score (nSPS) is 17.8. The first kappa shape index (κ1) is 16.1. The standard InChI is InChI=1S/C20H18N2O2S/c23-17-12-6-7-13-18(17)25-20-21-16-11-5-4-10-15(16)19(24)22(20)14-8-2-1-3-9-14/h1-5,8-11,18H,6-7,12-13H2. The van der Waals surface area contributed by atoms with Crippen molar-refractivity contribution in [2.45, 2.75) is 36.1 Å². The van der Waals surface area contributed by atoms with E-state index in [0.29, 0.717) is 22.5 Å². The van der Waals surface area contributed by atoms with E-state index in [1.165, 1.54) is 11.8 Å². The second kappa shape index (κ2) is 6.84. The minimum atomic E-state index is -0.114. The lowest BCUT2D eigenvalue weighted by Crippen LogP contribution is -2.26. The molecule has 126 valence electrons. The number of carbonyl (C=O) groups is 1. The van der Waals surface area contributed by atoms with E-state index in [1.54, 1.807) is 10.6 Å². The lowest BCUT2D eigenvalue weighted by atomic mass is 9.99. The Morgan fingerprint density at radius 1 is 0.960 bits per heavy atom. The minimum Gasteiger partial charge on any atom is -0.298 e. The van der Waals surface area contributed by atoms with Gasteiger partial charge in [-0.05, 0) is 37.1 Å². The van der Waals surface area contributed by atoms with Crippen molar-refractivity contribution >= 4 is 28.4 Å². The molecule has 1 aliphatic rings. The molecule has 4 rings (SSSR count). The van der Waals surface area contributed by atoms with Crippen LogP contribution >= 0.6 is 11.8 Å². The maximum atomic E-state index is 13.1. The highest BCUT2D eigenvalue weighted by molar-refractivity contribution is 8.00. The third-order valence-electron chi connectivity index (χ3n) is 4.51. The van der Waals surface area contributed by atoms with Crippen LogP contribution < -0.4 is 5.56 Å². The van der Waals surface area contributed by atoms with Gasteiger partial charge in [0.25, 0.3) is 5.56 Å². The number of fused-ring (bicyclic) bond motifs is 1. The van der Waals surface area contributed by atoms with Crippen molar-refractivity contribution in [2.75, 3.05) is 0 Å². The lowest BCUT2D eigenvalue weighted by Gasteiger charge is -2.21. The molecule has 0 spiro atoms. The number of thioether (sulfide) groups is 1. The summed E-state index contributed by atoms with van der Waals surface area (Å²) in [5, 5.41) is 1.07. The van der Waals surface area contributed by atoms with Crippen LogP contribution in [-0.2, 0) is 4.79 Å². The number of hydrogen-bond donors (Lipinski definition) is 0. The molecule has 0 aliphatic heterocycles. The van der Waals surface area contributed by atoms with Crippen molar-refractivity contribution in [3.63, 3.8) is 0 Å². The summed E-state index contributed by atoms with van der Waals surface area (Å²) >= 11 is 1.43. The zero-order valence-corrected chi connectivity index (χ0v) is 14.5. The first-order valence-electron chi connectivity index (χ1n) is 8.50. The van der Waals surface area contributed by atoms with Crippen LogP contribution in [0.15, 0.2) is 64.5 Å². The Hall–Kier alpha value is -2.40. The van der Waals surface area contributed by atoms with Crippen LogP contribution in [0.2, 0.25) is 0 Å². The Kier molecular flexibility index (Phi) is 4.40. The van der Waals surface area contributed by atoms with E-state index in [1.807, 2.05) is 48.5 Å². The molecule has 1 unspecified atom stereocenters. The third-order valence-corrected chi connectivity index (χ3v) is 5.77. The smallest absolute Gasteiger partial charge is 0.266 e. The van der Waals surface area contributed by atoms with Gasteiger partial charge in [-0.2, -0.15) is 0 Å². The van der Waals surface area contributed by atoms with Crippen molar-refractivity contribution in [3.05, 3.63) is 65.0 Å². The first-order valence-corrected chi connectivity index (χ1v) is 9.38. The van der Waals surface area contributed by atoms with Crippen molar-refractivity contribution in [2.24, 2.45) is 0 Å². The zero-order chi connectivity index (χ0) is 17.2. The van der Waals surface area contributed by atoms with Crippen LogP contribution in [0.1, 0.15) is 25.7 Å². The Labute approximate surface area is 149 Å². The van der Waals surface area contributed by atoms with E-state index in [2.05, 4.69) is 0 Å². The van der Waals surface area contributed by atoms with E-state index in [9.17, 15) is 9.59 Å². The molecule has 0 bridgehead atoms. The third kappa shape index (κ3) is 3.12. The number of benzene rings is 2. The van der Waals surface area contributed by atoms with Crippen molar-refractivity contribution in [1.82, 2.24) is 9.55 Å². The molecule has 3 aromatic rings. The van der Waals surface area contributed by atoms with E-state index in [4.69, 9.17) is 4.98 Å². The number of ketones is 1. The highest BCUT2D eigenvalue weighted by Gasteiger charge is 2.26. The number of nitrogens with zero attached hydrogens (tertiary/aromatic N) is 2. The predicted octanol–water partition coefficient (Wildman–Crippen LogP) is 3.99. The van der Waals surface area contributed by atoms with Crippen molar-refractivity contribution in [1.29, 1.82) is 0 Å². The highest BCUT2D eigenvalue weighted by Crippen LogP contribution is 2.31. The van der Waals surface area contributed by atoms with Gasteiger partial charge in [0, 0.05) is 6.42 Å². The molecular weight excluding hydrogens is 332 g/mol. The molecule has 0 saturated heterocycles. The lowest BCUT2D eigenvalue weighted by molar-refractivity contribution is -0.119. The van der Waals surface area contributed by atoms with Gasteiger partial charge < -0.3 is 0 Å². The summed E-state index contributed by atoms with van der Waals surface area (Å²) in [5.74, 6) is 0.262. The fourth-order valence-electron chi connectivity index (χ4n) is 3.20. The maximum absolute atomic E-state index is 13.1. The Morgan fingerprint density at radius 2 is 1.72 bits per heavy atom. The second-order valence-electron chi connectivity index (χ2n) is 6.21. The number of hydrogen-bond acceptors (Lipinski definition) is 4. The number of aromatic nitrogens is 2. The van der Waals surface area contributed by atoms with Crippen LogP contribution in [0.5, 0.6) is 0 Å². The average molecular weight is 350 g/mol. The molecule has 1 saturated carbocycles. The largest absolute Gasteiger partial charge is 0.298 e. The maximum Gasteiger partial charge on any atom is 0.266 e. The summed E-state index contributed by atoms with van der Waals surface area (Å²) in [5.41, 5.74) is 1.35. The Morgan fingerprint density at radius 3 is 2.52 bits per heavy atom. The van der Waals surface area contributed by atoms with E-state index in [-0.39, 0.29) is 16.6 Å². The topological polar surface area (TPSA) is 52.0 Å². The monoisotopic (exact) mass is 350 g/mol. The summed E-state index contributed by atoms with van der Waals surface area (Å²) in [4.78, 5) is 30.1. The van der Waals surface area contributed by atoms with Gasteiger partial charge in [0.15, 0.2) is 5.16 Å². The first-order chi connectivity index (χ1) is 12.2. The summed E-state index contributed by atoms with van der Waals surface area (Å²) in [6.07, 6.45) is 3.49. The van der Waals surface area contributed by atoms with Gasteiger partial charge in [-0.15, -0.1) is 0 Å². The predicted molar refractivity (Wildman–Crippen MR) is 100 cm³/mol. The highest BCUT2D eigenvalue weighted by atomic mass is 32.2. The Bertz CT molecular complexity index is 982. The fourth-order valence-corrected chi connectivity index (χ4v) is 4.43. The zero-order valence-electron chi connectivity index (χ0n) is 13.7. The summed E-state index contributed by atoms with van der Waals surface area (Å²) in [6.45, 7) is 0. The molecule has 1 atom stereocenters. The molecule has 4 nitrogen and oxygen atoms in total. The van der Waals surface area contributed by atoms with E-state index >= 15 is 0 Å². The second-order valence-corrected chi connectivity index (χ2v) is 7.38. The molecule has 1 fully saturated rings. The van der Waals surface area contributed by atoms with Crippen LogP contribution in [0.25, 0.3) is 16.6 Å². The molecule has 0 N–H and O–H groups in total. The van der Waals surface area contributed by atoms with E-state index < -0.39 is 0 Å². The molecule has 2 aromatic carbocycles. The minimum absolute atomic E-state index is 0.0949. The summed E-state index contributed by atoms with van der Waals surface area (Å²) in [6, 6.07) is 16.9. The fraction of sp³-hybridized carbons (Fsp3) is 0.250. The van der Waals surface area contributed by atoms with Gasteiger partial charge in [-0.1, -0.05) is 48.5 Å². The molecular formula is C20H18N2O2S. The van der Waals surface area contributed by atoms with Crippen LogP contribution in [-0.4, -0.2) is 20.6 Å². The van der Waals surface area contributed by atoms with Gasteiger partial charge in [0.05, 0.1) is 21.8 Å². The van der Waals surface area contributed by atoms with Gasteiger partial charge in [-0.3, -0.25) is 14.2 Å². The molecule has 5 heteroatoms. The molecule has 1 heterocycles. The van der Waals surface area contributed by atoms with Crippen molar-refractivity contribution in [3.8, 4) is 5.69 Å². The summed E-state index contributed by atoms with van der Waals surface area (Å²) < 4.78 is 1.63. The number of para-hydroxylation sites is 2. The van der Waals surface area contributed by atoms with Gasteiger partial charge in [-0.25, -0.2) is 4.98 Å². The van der Waals surface area contributed by atoms with Crippen molar-refractivity contribution < 1.29 is 4.79 Å². The van der Waals surface area contributed by atoms with Crippen LogP contribution in [0, 0.1) is 0 Å². The van der Waals surface area contributed by atoms with E-state index in [0.717, 1.165) is 24.9 Å². The van der Waals surface area contributed by atoms with Gasteiger partial charge in [0.1, 0.15) is 5.78 Å². The van der Waals surface area contributed by atoms with Gasteiger partial charge >= 0.3 is 0 Å². The van der Waals surface area contributed by atoms with Crippen LogP contribution in [0.4, 0.5) is 0 Å². The number of Topliss-reactive ketones (excluding diaryl/α,β-unsaturated/α-hetero) is 1. The molecule has 1 aromatic heterocycles. The summed E-state index contributed by atoms with van der Waals surface area (Å²) in [7, 11) is 0. The number of rotatable bonds is 3. The molecule has 1 aliphatic carbocycles.